The summed E-state index contributed by atoms with van der Waals surface area (Å²) in [5.74, 6) is 0.420. The summed E-state index contributed by atoms with van der Waals surface area (Å²) in [7, 11) is 1.51. The number of rotatable bonds is 8. The fourth-order valence-corrected chi connectivity index (χ4v) is 3.85. The van der Waals surface area contributed by atoms with Gasteiger partial charge < -0.3 is 14.2 Å². The zero-order valence-electron chi connectivity index (χ0n) is 16.9. The fraction of sp³-hybridized carbons (Fsp3) is 0.174. The smallest absolute Gasteiger partial charge is 0.344 e. The maximum atomic E-state index is 11.5. The summed E-state index contributed by atoms with van der Waals surface area (Å²) in [5.41, 5.74) is 3.04. The molecule has 0 spiro atoms. The van der Waals surface area contributed by atoms with Gasteiger partial charge in [0.1, 0.15) is 11.1 Å². The van der Waals surface area contributed by atoms with Crippen molar-refractivity contribution >= 4 is 51.5 Å². The lowest BCUT2D eigenvalue weighted by Crippen LogP contribution is -2.14. The maximum absolute atomic E-state index is 11.5. The van der Waals surface area contributed by atoms with E-state index in [-0.39, 0.29) is 6.61 Å². The zero-order valence-corrected chi connectivity index (χ0v) is 19.9. The number of hydrogen-bond acceptors (Lipinski definition) is 7. The first-order valence-corrected chi connectivity index (χ1v) is 11.3. The van der Waals surface area contributed by atoms with E-state index in [1.54, 1.807) is 31.2 Å². The molecule has 0 N–H and O–H groups in total. The highest BCUT2D eigenvalue weighted by atomic mass is 127. The number of aromatic nitrogens is 1. The van der Waals surface area contributed by atoms with Gasteiger partial charge >= 0.3 is 5.97 Å². The Bertz CT molecular complexity index is 1130. The third-order valence-electron chi connectivity index (χ3n) is 4.14. The Morgan fingerprint density at radius 2 is 2.00 bits per heavy atom. The molecule has 0 radical (unpaired) electrons. The summed E-state index contributed by atoms with van der Waals surface area (Å²) in [4.78, 5) is 16.1. The SMILES string of the molecule is CCOC(=O)COc1ccc(C=C(C#N)c2nc(-c3ccc(I)cc3)cs2)cc1OC. The summed E-state index contributed by atoms with van der Waals surface area (Å²) in [6.07, 6.45) is 1.74. The lowest BCUT2D eigenvalue weighted by molar-refractivity contribution is -0.145. The number of carbonyl (C=O) groups is 1. The van der Waals surface area contributed by atoms with Crippen molar-refractivity contribution in [3.63, 3.8) is 0 Å². The van der Waals surface area contributed by atoms with Crippen molar-refractivity contribution in [2.45, 2.75) is 6.92 Å². The number of hydrogen-bond donors (Lipinski definition) is 0. The van der Waals surface area contributed by atoms with Gasteiger partial charge in [-0.25, -0.2) is 9.78 Å². The van der Waals surface area contributed by atoms with Crippen LogP contribution in [0.3, 0.4) is 0 Å². The summed E-state index contributed by atoms with van der Waals surface area (Å²) in [6, 6.07) is 15.5. The quantitative estimate of drug-likeness (QED) is 0.213. The Morgan fingerprint density at radius 3 is 2.68 bits per heavy atom. The van der Waals surface area contributed by atoms with E-state index >= 15 is 0 Å². The van der Waals surface area contributed by atoms with E-state index < -0.39 is 5.97 Å². The van der Waals surface area contributed by atoms with E-state index in [2.05, 4.69) is 33.6 Å². The Labute approximate surface area is 198 Å². The molecule has 0 bridgehead atoms. The van der Waals surface area contributed by atoms with E-state index in [4.69, 9.17) is 14.2 Å². The second kappa shape index (κ2) is 10.9. The standard InChI is InChI=1S/C23H19IN2O4S/c1-3-29-22(27)13-30-20-9-4-15(11-21(20)28-2)10-17(12-25)23-26-19(14-31-23)16-5-7-18(24)8-6-16/h4-11,14H,3,13H2,1-2H3. The molecule has 6 nitrogen and oxygen atoms in total. The first-order valence-electron chi connectivity index (χ1n) is 9.34. The van der Waals surface area contributed by atoms with Crippen molar-refractivity contribution in [2.75, 3.05) is 20.3 Å². The van der Waals surface area contributed by atoms with Crippen molar-refractivity contribution in [3.05, 3.63) is 62.0 Å². The van der Waals surface area contributed by atoms with Gasteiger partial charge in [-0.05, 0) is 65.4 Å². The summed E-state index contributed by atoms with van der Waals surface area (Å²) >= 11 is 3.68. The van der Waals surface area contributed by atoms with Crippen LogP contribution in [0, 0.1) is 14.9 Å². The number of nitrogens with zero attached hydrogens (tertiary/aromatic N) is 2. The van der Waals surface area contributed by atoms with Crippen LogP contribution >= 0.6 is 33.9 Å². The number of esters is 1. The van der Waals surface area contributed by atoms with Gasteiger partial charge in [0, 0.05) is 14.5 Å². The molecule has 1 heterocycles. The molecule has 0 atom stereocenters. The molecule has 0 saturated heterocycles. The minimum Gasteiger partial charge on any atom is -0.493 e. The molecule has 2 aromatic carbocycles. The molecule has 158 valence electrons. The molecule has 31 heavy (non-hydrogen) atoms. The van der Waals surface area contributed by atoms with Crippen LogP contribution in [-0.4, -0.2) is 31.3 Å². The third kappa shape index (κ3) is 6.06. The number of allylic oxidation sites excluding steroid dienone is 1. The highest BCUT2D eigenvalue weighted by Crippen LogP contribution is 2.31. The fourth-order valence-electron chi connectivity index (χ4n) is 2.69. The van der Waals surface area contributed by atoms with Gasteiger partial charge in [0.15, 0.2) is 18.1 Å². The monoisotopic (exact) mass is 546 g/mol. The average Bonchev–Trinajstić information content (AvgIpc) is 3.27. The van der Waals surface area contributed by atoms with E-state index in [1.165, 1.54) is 18.4 Å². The van der Waals surface area contributed by atoms with Gasteiger partial charge in [-0.3, -0.25) is 0 Å². The van der Waals surface area contributed by atoms with Gasteiger partial charge in [-0.15, -0.1) is 11.3 Å². The molecule has 0 unspecified atom stereocenters. The minimum atomic E-state index is -0.451. The third-order valence-corrected chi connectivity index (χ3v) is 5.74. The van der Waals surface area contributed by atoms with E-state index in [0.717, 1.165) is 20.4 Å². The van der Waals surface area contributed by atoms with E-state index in [9.17, 15) is 10.1 Å². The predicted octanol–water partition coefficient (Wildman–Crippen LogP) is 5.43. The van der Waals surface area contributed by atoms with Crippen LogP contribution in [0.25, 0.3) is 22.9 Å². The average molecular weight is 546 g/mol. The maximum Gasteiger partial charge on any atom is 0.344 e. The van der Waals surface area contributed by atoms with Crippen LogP contribution in [0.15, 0.2) is 47.8 Å². The van der Waals surface area contributed by atoms with E-state index in [1.807, 2.05) is 29.6 Å². The molecule has 0 aliphatic heterocycles. The molecule has 1 aromatic heterocycles. The van der Waals surface area contributed by atoms with Crippen molar-refractivity contribution in [1.29, 1.82) is 5.26 Å². The second-order valence-electron chi connectivity index (χ2n) is 6.22. The number of halogens is 1. The summed E-state index contributed by atoms with van der Waals surface area (Å²) < 4.78 is 16.9. The van der Waals surface area contributed by atoms with E-state index in [0.29, 0.717) is 28.7 Å². The molecular formula is C23H19IN2O4S. The van der Waals surface area contributed by atoms with Gasteiger partial charge in [-0.1, -0.05) is 18.2 Å². The van der Waals surface area contributed by atoms with Gasteiger partial charge in [0.2, 0.25) is 0 Å². The number of nitriles is 1. The molecule has 0 fully saturated rings. The summed E-state index contributed by atoms with van der Waals surface area (Å²) in [6.45, 7) is 1.82. The first kappa shape index (κ1) is 22.8. The largest absolute Gasteiger partial charge is 0.493 e. The zero-order chi connectivity index (χ0) is 22.2. The Kier molecular flexibility index (Phi) is 8.03. The molecule has 3 rings (SSSR count). The molecule has 3 aromatic rings. The first-order chi connectivity index (χ1) is 15.0. The van der Waals surface area contributed by atoms with Crippen molar-refractivity contribution < 1.29 is 19.0 Å². The van der Waals surface area contributed by atoms with Crippen LogP contribution in [0.5, 0.6) is 11.5 Å². The van der Waals surface area contributed by atoms with Crippen molar-refractivity contribution in [1.82, 2.24) is 4.98 Å². The second-order valence-corrected chi connectivity index (χ2v) is 8.32. The predicted molar refractivity (Wildman–Crippen MR) is 129 cm³/mol. The van der Waals surface area contributed by atoms with Crippen LogP contribution in [0.4, 0.5) is 0 Å². The molecular weight excluding hydrogens is 527 g/mol. The number of thiazole rings is 1. The van der Waals surface area contributed by atoms with Crippen LogP contribution in [0.1, 0.15) is 17.5 Å². The molecule has 0 aliphatic carbocycles. The number of methoxy groups -OCH3 is 1. The Balaban J connectivity index is 1.81. The molecule has 0 aliphatic rings. The van der Waals surface area contributed by atoms with Crippen LogP contribution < -0.4 is 9.47 Å². The van der Waals surface area contributed by atoms with Gasteiger partial charge in [0.05, 0.1) is 25.0 Å². The highest BCUT2D eigenvalue weighted by Gasteiger charge is 2.12. The van der Waals surface area contributed by atoms with Gasteiger partial charge in [0.25, 0.3) is 0 Å². The molecule has 0 amide bonds. The topological polar surface area (TPSA) is 81.4 Å². The lowest BCUT2D eigenvalue weighted by atomic mass is 10.1. The summed E-state index contributed by atoms with van der Waals surface area (Å²) in [5, 5.41) is 12.3. The number of benzene rings is 2. The normalized spacial score (nSPS) is 11.0. The Hall–Kier alpha value is -2.90. The van der Waals surface area contributed by atoms with Crippen LogP contribution in [0.2, 0.25) is 0 Å². The Morgan fingerprint density at radius 1 is 1.23 bits per heavy atom. The minimum absolute atomic E-state index is 0.205. The number of ether oxygens (including phenoxy) is 3. The van der Waals surface area contributed by atoms with Gasteiger partial charge in [-0.2, -0.15) is 5.26 Å². The molecule has 0 saturated carbocycles. The molecule has 8 heteroatoms. The number of carbonyl (C=O) groups excluding carboxylic acids is 1. The highest BCUT2D eigenvalue weighted by molar-refractivity contribution is 14.1. The van der Waals surface area contributed by atoms with Crippen molar-refractivity contribution in [3.8, 4) is 28.8 Å². The van der Waals surface area contributed by atoms with Crippen LogP contribution in [-0.2, 0) is 9.53 Å². The lowest BCUT2D eigenvalue weighted by Gasteiger charge is -2.11. The van der Waals surface area contributed by atoms with Crippen molar-refractivity contribution in [2.24, 2.45) is 0 Å².